The summed E-state index contributed by atoms with van der Waals surface area (Å²) in [5, 5.41) is 6.90. The lowest BCUT2D eigenvalue weighted by molar-refractivity contribution is -0.199. The number of halogens is 1. The van der Waals surface area contributed by atoms with Crippen LogP contribution in [0.2, 0.25) is 0 Å². The van der Waals surface area contributed by atoms with E-state index in [2.05, 4.69) is 61.6 Å². The molecular formula is C23H39B2ClN6O4+2. The van der Waals surface area contributed by atoms with Crippen LogP contribution < -0.4 is 9.82 Å². The van der Waals surface area contributed by atoms with Gasteiger partial charge in [-0.1, -0.05) is 27.7 Å². The van der Waals surface area contributed by atoms with Crippen molar-refractivity contribution in [1.29, 1.82) is 11.1 Å². The number of nitrogens with one attached hydrogen (secondary N) is 2. The molecule has 0 aromatic rings. The molecule has 0 aromatic carbocycles. The summed E-state index contributed by atoms with van der Waals surface area (Å²) in [6, 6.07) is 0. The van der Waals surface area contributed by atoms with Gasteiger partial charge < -0.3 is 18.6 Å². The van der Waals surface area contributed by atoms with E-state index in [1.54, 1.807) is 0 Å². The van der Waals surface area contributed by atoms with Crippen LogP contribution in [-0.4, -0.2) is 55.9 Å². The Balaban J connectivity index is 0.000000149. The fourth-order valence-corrected chi connectivity index (χ4v) is 8.57. The van der Waals surface area contributed by atoms with Gasteiger partial charge in [-0.3, -0.25) is 0 Å². The van der Waals surface area contributed by atoms with E-state index in [0.29, 0.717) is 29.1 Å². The van der Waals surface area contributed by atoms with Crippen LogP contribution in [0.3, 0.4) is 0 Å². The highest BCUT2D eigenvalue weighted by atomic mass is 35.5. The second-order valence-electron chi connectivity index (χ2n) is 13.1. The molecule has 9 atom stereocenters. The lowest BCUT2D eigenvalue weighted by Crippen LogP contribution is -2.65. The third kappa shape index (κ3) is 3.87. The molecule has 6 aliphatic carbocycles. The fourth-order valence-electron chi connectivity index (χ4n) is 8.39. The summed E-state index contributed by atoms with van der Waals surface area (Å²) in [6.07, 6.45) is 5.32. The first-order valence-corrected chi connectivity index (χ1v) is 13.7. The molecule has 6 unspecified atom stereocenters. The molecule has 13 heteroatoms. The van der Waals surface area contributed by atoms with Gasteiger partial charge in [-0.25, -0.2) is 0 Å². The summed E-state index contributed by atoms with van der Waals surface area (Å²) in [7, 11) is -0.744. The minimum absolute atomic E-state index is 0.142. The Morgan fingerprint density at radius 1 is 0.833 bits per heavy atom. The van der Waals surface area contributed by atoms with E-state index >= 15 is 0 Å². The maximum Gasteiger partial charge on any atom is 0.488 e. The standard InChI is InChI=1S/C12H20BClN3O2.C11H19BN3O2/c1-11(2)7-4-8(11)12(3)9(5-7)18-13(19-12)10(14)6-16-17-15;1-10(2)7-4-8(10)11(3)9(5-7)16-12(17-11)6-14-15-13/h7-10,15H,4-6H2,1-3H3;7-9,13H,4-6H2,1-3H3/q2*+1/t7?,8?,9?,10-,12+;7?,8?,9?,11-/m01/s1. The summed E-state index contributed by atoms with van der Waals surface area (Å²) in [6.45, 7) is 13.9. The summed E-state index contributed by atoms with van der Waals surface area (Å²) in [5.74, 6) is 2.62. The van der Waals surface area contributed by atoms with Crippen LogP contribution >= 0.6 is 11.6 Å². The zero-order valence-corrected chi connectivity index (χ0v) is 23.0. The highest BCUT2D eigenvalue weighted by Gasteiger charge is 2.69. The molecule has 0 radical (unpaired) electrons. The second kappa shape index (κ2) is 8.98. The number of hydrogen-bond donors (Lipinski definition) is 2. The summed E-state index contributed by atoms with van der Waals surface area (Å²) in [4.78, 5) is 5.99. The van der Waals surface area contributed by atoms with Crippen molar-refractivity contribution in [2.24, 2.45) is 44.7 Å². The topological polar surface area (TPSA) is 138 Å². The molecule has 2 heterocycles. The molecule has 8 fully saturated rings. The summed E-state index contributed by atoms with van der Waals surface area (Å²) in [5.41, 5.74) is 13.7. The smallest absolute Gasteiger partial charge is 0.404 e. The molecular weight excluding hydrogens is 481 g/mol. The average Bonchev–Trinajstić information content (AvgIpc) is 3.36. The van der Waals surface area contributed by atoms with Crippen LogP contribution in [-0.2, 0) is 18.6 Å². The molecule has 0 amide bonds. The minimum atomic E-state index is -0.433. The molecule has 8 aliphatic rings. The van der Waals surface area contributed by atoms with Crippen molar-refractivity contribution in [3.63, 3.8) is 0 Å². The first-order chi connectivity index (χ1) is 16.9. The quantitative estimate of drug-likeness (QED) is 0.243. The normalized spacial score (nSPS) is 44.9. The Kier molecular flexibility index (Phi) is 6.60. The zero-order chi connectivity index (χ0) is 26.1. The van der Waals surface area contributed by atoms with Crippen molar-refractivity contribution in [2.45, 2.75) is 95.9 Å². The van der Waals surface area contributed by atoms with E-state index < -0.39 is 7.12 Å². The fraction of sp³-hybridized carbons (Fsp3) is 1.00. The van der Waals surface area contributed by atoms with Gasteiger partial charge in [0, 0.05) is 0 Å². The molecule has 4 bridgehead atoms. The van der Waals surface area contributed by atoms with Gasteiger partial charge in [0.1, 0.15) is 27.8 Å². The lowest BCUT2D eigenvalue weighted by Gasteiger charge is -2.64. The number of alkyl halides is 1. The van der Waals surface area contributed by atoms with Crippen LogP contribution in [0.1, 0.15) is 67.2 Å². The van der Waals surface area contributed by atoms with Crippen molar-refractivity contribution >= 4 is 25.8 Å². The van der Waals surface area contributed by atoms with Crippen LogP contribution in [0.5, 0.6) is 0 Å². The third-order valence-corrected chi connectivity index (χ3v) is 11.2. The largest absolute Gasteiger partial charge is 0.488 e. The zero-order valence-electron chi connectivity index (χ0n) is 22.2. The van der Waals surface area contributed by atoms with Crippen LogP contribution in [0.15, 0.2) is 10.2 Å². The molecule has 196 valence electrons. The molecule has 36 heavy (non-hydrogen) atoms. The average molecular weight is 521 g/mol. The maximum absolute atomic E-state index is 6.68. The number of rotatable bonds is 5. The Bertz CT molecular complexity index is 994. The van der Waals surface area contributed by atoms with Crippen molar-refractivity contribution < 1.29 is 18.6 Å². The molecule has 10 nitrogen and oxygen atoms in total. The molecule has 0 spiro atoms. The lowest BCUT2D eigenvalue weighted by atomic mass is 9.43. The maximum atomic E-state index is 6.68. The van der Waals surface area contributed by atoms with E-state index in [4.69, 9.17) is 41.3 Å². The van der Waals surface area contributed by atoms with Crippen LogP contribution in [0.25, 0.3) is 0 Å². The van der Waals surface area contributed by atoms with Gasteiger partial charge in [0.05, 0.1) is 28.7 Å². The monoisotopic (exact) mass is 520 g/mol. The van der Waals surface area contributed by atoms with Crippen molar-refractivity contribution in [2.75, 3.05) is 13.0 Å². The van der Waals surface area contributed by atoms with Gasteiger partial charge in [-0.15, -0.1) is 11.6 Å². The van der Waals surface area contributed by atoms with E-state index in [0.717, 1.165) is 24.7 Å². The highest BCUT2D eigenvalue weighted by molar-refractivity contribution is 6.60. The Hall–Kier alpha value is -1.12. The first kappa shape index (κ1) is 26.5. The molecule has 6 saturated carbocycles. The number of hydrogen-bond acceptors (Lipinski definition) is 8. The van der Waals surface area contributed by atoms with Gasteiger partial charge in [-0.2, -0.15) is 0 Å². The van der Waals surface area contributed by atoms with Crippen LogP contribution in [0.4, 0.5) is 0 Å². The number of nitrogens with zero attached hydrogens (tertiary/aromatic N) is 4. The predicted molar refractivity (Wildman–Crippen MR) is 134 cm³/mol. The summed E-state index contributed by atoms with van der Waals surface area (Å²) >= 11 is 6.24. The van der Waals surface area contributed by atoms with Crippen molar-refractivity contribution in [3.8, 4) is 0 Å². The van der Waals surface area contributed by atoms with Crippen LogP contribution in [0, 0.1) is 45.6 Å². The SMILES string of the molecule is CC1(C)C2CC3OB(CN=[N+]=N)O[C@]3(C)C1C2.CC1(C)C2CC3OB([C@@H](Cl)CN=[N+]=N)O[C@]3(C)C1C2. The predicted octanol–water partition coefficient (Wildman–Crippen LogP) is 4.22. The highest BCUT2D eigenvalue weighted by Crippen LogP contribution is 2.66. The van der Waals surface area contributed by atoms with Gasteiger partial charge in [-0.05, 0) is 74.0 Å². The Labute approximate surface area is 219 Å². The summed E-state index contributed by atoms with van der Waals surface area (Å²) < 4.78 is 24.2. The molecule has 2 aliphatic heterocycles. The van der Waals surface area contributed by atoms with Gasteiger partial charge in [0.15, 0.2) is 6.44 Å². The van der Waals surface area contributed by atoms with E-state index in [1.165, 1.54) is 12.8 Å². The molecule has 8 rings (SSSR count). The van der Waals surface area contributed by atoms with Gasteiger partial charge in [0.25, 0.3) is 0 Å². The van der Waals surface area contributed by atoms with Crippen molar-refractivity contribution in [3.05, 3.63) is 0 Å². The third-order valence-electron chi connectivity index (χ3n) is 10.9. The Morgan fingerprint density at radius 3 is 1.89 bits per heavy atom. The second-order valence-corrected chi connectivity index (χ2v) is 13.7. The van der Waals surface area contributed by atoms with Crippen molar-refractivity contribution in [1.82, 2.24) is 9.82 Å². The Morgan fingerprint density at radius 2 is 1.36 bits per heavy atom. The minimum Gasteiger partial charge on any atom is -0.404 e. The van der Waals surface area contributed by atoms with E-state index in [1.807, 2.05) is 0 Å². The molecule has 0 aromatic heterocycles. The van der Waals surface area contributed by atoms with Gasteiger partial charge in [0.2, 0.25) is 9.82 Å². The molecule has 2 N–H and O–H groups in total. The van der Waals surface area contributed by atoms with E-state index in [-0.39, 0.29) is 42.3 Å². The van der Waals surface area contributed by atoms with E-state index in [9.17, 15) is 0 Å². The van der Waals surface area contributed by atoms with Gasteiger partial charge >= 0.3 is 14.2 Å². The first-order valence-electron chi connectivity index (χ1n) is 13.2. The molecule has 2 saturated heterocycles.